The predicted molar refractivity (Wildman–Crippen MR) is 116 cm³/mol. The van der Waals surface area contributed by atoms with Gasteiger partial charge in [-0.05, 0) is 31.9 Å². The quantitative estimate of drug-likeness (QED) is 0.260. The third-order valence-corrected chi connectivity index (χ3v) is 6.07. The number of aliphatic imine (C=N–C) groups is 1. The van der Waals surface area contributed by atoms with Crippen LogP contribution in [0.15, 0.2) is 40.2 Å². The van der Waals surface area contributed by atoms with Gasteiger partial charge in [0.2, 0.25) is 0 Å². The van der Waals surface area contributed by atoms with Gasteiger partial charge in [0.25, 0.3) is 0 Å². The maximum atomic E-state index is 12.3. The molecule has 0 aliphatic carbocycles. The van der Waals surface area contributed by atoms with E-state index in [1.807, 2.05) is 13.0 Å². The molecule has 1 saturated heterocycles. The fraction of sp³-hybridized carbons (Fsp3) is 0.611. The highest BCUT2D eigenvalue weighted by Crippen LogP contribution is 2.16. The number of halogens is 1. The number of nitrogens with one attached hydrogen (secondary N) is 1. The zero-order valence-corrected chi connectivity index (χ0v) is 18.7. The van der Waals surface area contributed by atoms with Crippen LogP contribution in [0, 0.1) is 5.92 Å². The summed E-state index contributed by atoms with van der Waals surface area (Å²) in [6.07, 6.45) is 1.61. The topological polar surface area (TPSA) is 71.0 Å². The zero-order valence-electron chi connectivity index (χ0n) is 15.6. The summed E-state index contributed by atoms with van der Waals surface area (Å²) in [5.74, 6) is 1.53. The third kappa shape index (κ3) is 7.03. The van der Waals surface area contributed by atoms with Gasteiger partial charge in [0.05, 0.1) is 17.3 Å². The number of sulfone groups is 1. The first-order valence-corrected chi connectivity index (χ1v) is 10.5. The second-order valence-electron chi connectivity index (χ2n) is 6.28. The van der Waals surface area contributed by atoms with Gasteiger partial charge in [-0.2, -0.15) is 0 Å². The van der Waals surface area contributed by atoms with Gasteiger partial charge in [0.1, 0.15) is 0 Å². The van der Waals surface area contributed by atoms with Gasteiger partial charge in [-0.25, -0.2) is 8.42 Å². The summed E-state index contributed by atoms with van der Waals surface area (Å²) in [7, 11) is -1.49. The molecular formula is C18H30IN3O3S. The van der Waals surface area contributed by atoms with E-state index in [1.54, 1.807) is 31.4 Å². The molecule has 148 valence electrons. The summed E-state index contributed by atoms with van der Waals surface area (Å²) in [6.45, 7) is 6.00. The summed E-state index contributed by atoms with van der Waals surface area (Å²) in [5.41, 5.74) is 0. The molecule has 26 heavy (non-hydrogen) atoms. The molecule has 0 spiro atoms. The maximum Gasteiger partial charge on any atom is 0.193 e. The molecule has 1 N–H and O–H groups in total. The monoisotopic (exact) mass is 495 g/mol. The van der Waals surface area contributed by atoms with Crippen LogP contribution in [0.4, 0.5) is 0 Å². The molecule has 0 bridgehead atoms. The lowest BCUT2D eigenvalue weighted by molar-refractivity contribution is 0.157. The van der Waals surface area contributed by atoms with Crippen LogP contribution in [-0.2, 0) is 14.6 Å². The molecule has 0 radical (unpaired) electrons. The number of methoxy groups -OCH3 is 1. The zero-order chi connectivity index (χ0) is 18.1. The Morgan fingerprint density at radius 1 is 1.35 bits per heavy atom. The molecule has 0 saturated carbocycles. The van der Waals surface area contributed by atoms with Crippen LogP contribution in [0.3, 0.4) is 0 Å². The van der Waals surface area contributed by atoms with E-state index in [4.69, 9.17) is 4.74 Å². The Labute approximate surface area is 174 Å². The Morgan fingerprint density at radius 2 is 2.08 bits per heavy atom. The number of nitrogens with zero attached hydrogens (tertiary/aromatic N) is 2. The number of guanidine groups is 1. The SMILES string of the molecule is CCNC(=NCCCS(=O)(=O)c1ccccc1)N1CCC(COC)C1.I. The largest absolute Gasteiger partial charge is 0.384 e. The fourth-order valence-electron chi connectivity index (χ4n) is 3.01. The molecule has 1 fully saturated rings. The summed E-state index contributed by atoms with van der Waals surface area (Å²) in [4.78, 5) is 7.23. The molecule has 1 aliphatic rings. The van der Waals surface area contributed by atoms with E-state index in [1.165, 1.54) is 0 Å². The Kier molecular flexibility index (Phi) is 10.5. The van der Waals surface area contributed by atoms with Gasteiger partial charge in [-0.1, -0.05) is 18.2 Å². The van der Waals surface area contributed by atoms with Crippen molar-refractivity contribution >= 4 is 39.8 Å². The van der Waals surface area contributed by atoms with E-state index in [2.05, 4.69) is 15.2 Å². The van der Waals surface area contributed by atoms with Gasteiger partial charge in [-0.15, -0.1) is 24.0 Å². The van der Waals surface area contributed by atoms with E-state index in [0.29, 0.717) is 23.8 Å². The summed E-state index contributed by atoms with van der Waals surface area (Å²) in [5, 5.41) is 3.30. The number of hydrogen-bond donors (Lipinski definition) is 1. The van der Waals surface area contributed by atoms with E-state index in [0.717, 1.165) is 38.6 Å². The lowest BCUT2D eigenvalue weighted by Crippen LogP contribution is -2.40. The first-order chi connectivity index (χ1) is 12.1. The number of hydrogen-bond acceptors (Lipinski definition) is 4. The highest BCUT2D eigenvalue weighted by atomic mass is 127. The van der Waals surface area contributed by atoms with E-state index in [-0.39, 0.29) is 29.7 Å². The number of likely N-dealkylation sites (tertiary alicyclic amines) is 1. The van der Waals surface area contributed by atoms with Crippen LogP contribution in [-0.4, -0.2) is 64.9 Å². The molecule has 8 heteroatoms. The third-order valence-electron chi connectivity index (χ3n) is 4.26. The van der Waals surface area contributed by atoms with Crippen molar-refractivity contribution in [2.24, 2.45) is 10.9 Å². The molecule has 1 aromatic carbocycles. The van der Waals surface area contributed by atoms with Crippen LogP contribution in [0.1, 0.15) is 19.8 Å². The lowest BCUT2D eigenvalue weighted by Gasteiger charge is -2.21. The first kappa shape index (κ1) is 23.2. The molecule has 1 aliphatic heterocycles. The van der Waals surface area contributed by atoms with Crippen molar-refractivity contribution < 1.29 is 13.2 Å². The maximum absolute atomic E-state index is 12.3. The van der Waals surface area contributed by atoms with Crippen molar-refractivity contribution in [2.45, 2.75) is 24.7 Å². The fourth-order valence-corrected chi connectivity index (χ4v) is 4.32. The van der Waals surface area contributed by atoms with Crippen molar-refractivity contribution in [3.8, 4) is 0 Å². The van der Waals surface area contributed by atoms with Crippen LogP contribution < -0.4 is 5.32 Å². The highest BCUT2D eigenvalue weighted by molar-refractivity contribution is 14.0. The van der Waals surface area contributed by atoms with E-state index in [9.17, 15) is 8.42 Å². The van der Waals surface area contributed by atoms with Crippen molar-refractivity contribution in [3.05, 3.63) is 30.3 Å². The number of ether oxygens (including phenoxy) is 1. The summed E-state index contributed by atoms with van der Waals surface area (Å²) < 4.78 is 29.8. The number of rotatable bonds is 8. The second kappa shape index (κ2) is 11.8. The smallest absolute Gasteiger partial charge is 0.193 e. The minimum atomic E-state index is -3.23. The van der Waals surface area contributed by atoms with Crippen LogP contribution in [0.2, 0.25) is 0 Å². The molecule has 1 atom stereocenters. The lowest BCUT2D eigenvalue weighted by atomic mass is 10.1. The Bertz CT molecular complexity index is 653. The first-order valence-electron chi connectivity index (χ1n) is 8.87. The second-order valence-corrected chi connectivity index (χ2v) is 8.39. The molecule has 6 nitrogen and oxygen atoms in total. The van der Waals surface area contributed by atoms with E-state index >= 15 is 0 Å². The Hall–Kier alpha value is -0.870. The average molecular weight is 495 g/mol. The Balaban J connectivity index is 0.00000338. The molecule has 0 aromatic heterocycles. The summed E-state index contributed by atoms with van der Waals surface area (Å²) >= 11 is 0. The van der Waals surface area contributed by atoms with E-state index < -0.39 is 9.84 Å². The van der Waals surface area contributed by atoms with Crippen LogP contribution in [0.5, 0.6) is 0 Å². The normalized spacial score (nSPS) is 17.8. The van der Waals surface area contributed by atoms with Crippen molar-refractivity contribution in [1.29, 1.82) is 0 Å². The standard InChI is InChI=1S/C18H29N3O3S.HI/c1-3-19-18(21-12-10-16(14-21)15-24-2)20-11-7-13-25(22,23)17-8-5-4-6-9-17;/h4-6,8-9,16H,3,7,10-15H2,1-2H3,(H,19,20);1H. The van der Waals surface area contributed by atoms with Crippen molar-refractivity contribution in [2.75, 3.05) is 45.6 Å². The average Bonchev–Trinajstić information content (AvgIpc) is 3.07. The van der Waals surface area contributed by atoms with Crippen LogP contribution in [0.25, 0.3) is 0 Å². The van der Waals surface area contributed by atoms with Gasteiger partial charge in [0, 0.05) is 39.2 Å². The van der Waals surface area contributed by atoms with Gasteiger partial charge < -0.3 is 15.0 Å². The van der Waals surface area contributed by atoms with Gasteiger partial charge >= 0.3 is 0 Å². The van der Waals surface area contributed by atoms with Gasteiger partial charge in [-0.3, -0.25) is 4.99 Å². The molecule has 0 amide bonds. The minimum absolute atomic E-state index is 0. The van der Waals surface area contributed by atoms with Gasteiger partial charge in [0.15, 0.2) is 15.8 Å². The van der Waals surface area contributed by atoms with Crippen molar-refractivity contribution in [3.63, 3.8) is 0 Å². The molecular weight excluding hydrogens is 465 g/mol. The van der Waals surface area contributed by atoms with Crippen LogP contribution >= 0.6 is 24.0 Å². The molecule has 2 rings (SSSR count). The highest BCUT2D eigenvalue weighted by Gasteiger charge is 2.24. The molecule has 1 heterocycles. The predicted octanol–water partition coefficient (Wildman–Crippen LogP) is 2.40. The molecule has 1 aromatic rings. The minimum Gasteiger partial charge on any atom is -0.384 e. The number of benzene rings is 1. The molecule has 1 unspecified atom stereocenters. The Morgan fingerprint density at radius 3 is 2.73 bits per heavy atom. The summed E-state index contributed by atoms with van der Waals surface area (Å²) in [6, 6.07) is 8.60. The van der Waals surface area contributed by atoms with Crippen molar-refractivity contribution in [1.82, 2.24) is 10.2 Å².